The molecule has 0 bridgehead atoms. The molecular weight excluding hydrogens is 274 g/mol. The van der Waals surface area contributed by atoms with Crippen LogP contribution in [0.5, 0.6) is 0 Å². The molecule has 112 valence electrons. The Morgan fingerprint density at radius 1 is 1.35 bits per heavy atom. The normalized spacial score (nSPS) is 21.0. The topological polar surface area (TPSA) is 46.6 Å². The zero-order valence-corrected chi connectivity index (χ0v) is 13.0. The lowest BCUT2D eigenvalue weighted by Crippen LogP contribution is -2.40. The van der Waals surface area contributed by atoms with Crippen LogP contribution < -0.4 is 0 Å². The second kappa shape index (κ2) is 6.70. The van der Waals surface area contributed by atoms with Crippen molar-refractivity contribution in [3.8, 4) is 0 Å². The number of ether oxygens (including phenoxy) is 1. The molecule has 0 amide bonds. The minimum atomic E-state index is -3.36. The van der Waals surface area contributed by atoms with Gasteiger partial charge in [-0.25, -0.2) is 8.42 Å². The van der Waals surface area contributed by atoms with Crippen LogP contribution in [-0.2, 0) is 14.8 Å². The molecule has 0 spiro atoms. The van der Waals surface area contributed by atoms with Gasteiger partial charge in [-0.3, -0.25) is 0 Å². The van der Waals surface area contributed by atoms with Gasteiger partial charge in [0.25, 0.3) is 0 Å². The Balaban J connectivity index is 2.15. The predicted octanol–water partition coefficient (Wildman–Crippen LogP) is 2.43. The quantitative estimate of drug-likeness (QED) is 0.838. The summed E-state index contributed by atoms with van der Waals surface area (Å²) in [7, 11) is -1.67. The van der Waals surface area contributed by atoms with Crippen LogP contribution in [-0.4, -0.2) is 39.5 Å². The molecule has 0 aliphatic carbocycles. The fourth-order valence-electron chi connectivity index (χ4n) is 2.75. The lowest BCUT2D eigenvalue weighted by atomic mass is 9.97. The third-order valence-electron chi connectivity index (χ3n) is 3.92. The molecule has 5 heteroatoms. The van der Waals surface area contributed by atoms with Crippen molar-refractivity contribution in [2.45, 2.75) is 31.1 Å². The maximum absolute atomic E-state index is 12.7. The van der Waals surface area contributed by atoms with Gasteiger partial charge in [0.05, 0.1) is 4.90 Å². The number of sulfonamides is 1. The lowest BCUT2D eigenvalue weighted by Gasteiger charge is -2.32. The molecule has 0 saturated carbocycles. The third kappa shape index (κ3) is 3.40. The van der Waals surface area contributed by atoms with Crippen molar-refractivity contribution in [3.05, 3.63) is 29.8 Å². The van der Waals surface area contributed by atoms with E-state index in [9.17, 15) is 8.42 Å². The Morgan fingerprint density at radius 2 is 2.10 bits per heavy atom. The van der Waals surface area contributed by atoms with Gasteiger partial charge in [0, 0.05) is 26.8 Å². The standard InChI is InChI=1S/C15H23NO3S/c1-13-6-3-4-8-15(13)20(17,18)16-10-5-7-14(12-16)9-11-19-2/h3-4,6,8,14H,5,7,9-12H2,1-2H3. The SMILES string of the molecule is COCCC1CCCN(S(=O)(=O)c2ccccc2C)C1. The summed E-state index contributed by atoms with van der Waals surface area (Å²) in [4.78, 5) is 0.437. The van der Waals surface area contributed by atoms with E-state index < -0.39 is 10.0 Å². The summed E-state index contributed by atoms with van der Waals surface area (Å²) >= 11 is 0. The van der Waals surface area contributed by atoms with Crippen LogP contribution in [0.1, 0.15) is 24.8 Å². The van der Waals surface area contributed by atoms with Crippen molar-refractivity contribution in [2.24, 2.45) is 5.92 Å². The van der Waals surface area contributed by atoms with Crippen molar-refractivity contribution in [3.63, 3.8) is 0 Å². The van der Waals surface area contributed by atoms with Gasteiger partial charge in [-0.05, 0) is 43.7 Å². The first-order chi connectivity index (χ1) is 9.55. The van der Waals surface area contributed by atoms with E-state index >= 15 is 0 Å². The Bertz CT molecular complexity index is 542. The molecule has 1 aliphatic heterocycles. The van der Waals surface area contributed by atoms with E-state index in [1.807, 2.05) is 19.1 Å². The Kier molecular flexibility index (Phi) is 5.18. The van der Waals surface area contributed by atoms with Crippen LogP contribution in [0.4, 0.5) is 0 Å². The van der Waals surface area contributed by atoms with Crippen molar-refractivity contribution in [1.29, 1.82) is 0 Å². The number of nitrogens with zero attached hydrogens (tertiary/aromatic N) is 1. The van der Waals surface area contributed by atoms with Crippen LogP contribution >= 0.6 is 0 Å². The maximum atomic E-state index is 12.7. The number of hydrogen-bond acceptors (Lipinski definition) is 3. The van der Waals surface area contributed by atoms with E-state index in [0.29, 0.717) is 30.5 Å². The Morgan fingerprint density at radius 3 is 2.80 bits per heavy atom. The van der Waals surface area contributed by atoms with Crippen molar-refractivity contribution >= 4 is 10.0 Å². The highest BCUT2D eigenvalue weighted by atomic mass is 32.2. The summed E-state index contributed by atoms with van der Waals surface area (Å²) in [6, 6.07) is 7.20. The van der Waals surface area contributed by atoms with Gasteiger partial charge >= 0.3 is 0 Å². The smallest absolute Gasteiger partial charge is 0.243 e. The average Bonchev–Trinajstić information content (AvgIpc) is 2.45. The summed E-state index contributed by atoms with van der Waals surface area (Å²) in [6.45, 7) is 3.78. The van der Waals surface area contributed by atoms with Crippen LogP contribution in [0.15, 0.2) is 29.2 Å². The fraction of sp³-hybridized carbons (Fsp3) is 0.600. The predicted molar refractivity (Wildman–Crippen MR) is 79.2 cm³/mol. The molecule has 4 nitrogen and oxygen atoms in total. The number of piperidine rings is 1. The minimum Gasteiger partial charge on any atom is -0.385 e. The molecule has 0 radical (unpaired) electrons. The summed E-state index contributed by atoms with van der Waals surface area (Å²) < 4.78 is 32.2. The van der Waals surface area contributed by atoms with Crippen LogP contribution in [0, 0.1) is 12.8 Å². The second-order valence-corrected chi connectivity index (χ2v) is 7.32. The summed E-state index contributed by atoms with van der Waals surface area (Å²) in [6.07, 6.45) is 2.94. The van der Waals surface area contributed by atoms with E-state index in [4.69, 9.17) is 4.74 Å². The highest BCUT2D eigenvalue weighted by molar-refractivity contribution is 7.89. The monoisotopic (exact) mass is 297 g/mol. The molecule has 1 aliphatic rings. The van der Waals surface area contributed by atoms with Gasteiger partial charge in [0.1, 0.15) is 0 Å². The molecule has 0 aromatic heterocycles. The molecule has 1 aromatic rings. The molecule has 1 atom stereocenters. The van der Waals surface area contributed by atoms with Gasteiger partial charge in [0.2, 0.25) is 10.0 Å². The summed E-state index contributed by atoms with van der Waals surface area (Å²) in [5.41, 5.74) is 0.812. The highest BCUT2D eigenvalue weighted by Gasteiger charge is 2.30. The Labute approximate surface area is 121 Å². The van der Waals surface area contributed by atoms with E-state index in [2.05, 4.69) is 0 Å². The highest BCUT2D eigenvalue weighted by Crippen LogP contribution is 2.26. The molecule has 0 N–H and O–H groups in total. The molecule has 1 heterocycles. The van der Waals surface area contributed by atoms with E-state index in [1.54, 1.807) is 23.5 Å². The summed E-state index contributed by atoms with van der Waals surface area (Å²) in [5.74, 6) is 0.405. The molecule has 1 saturated heterocycles. The van der Waals surface area contributed by atoms with Crippen LogP contribution in [0.2, 0.25) is 0 Å². The number of hydrogen-bond donors (Lipinski definition) is 0. The van der Waals surface area contributed by atoms with Crippen molar-refractivity contribution in [2.75, 3.05) is 26.8 Å². The first-order valence-electron chi connectivity index (χ1n) is 7.10. The Hall–Kier alpha value is -0.910. The number of aryl methyl sites for hydroxylation is 1. The van der Waals surface area contributed by atoms with Gasteiger partial charge in [-0.2, -0.15) is 4.31 Å². The number of methoxy groups -OCH3 is 1. The molecular formula is C15H23NO3S. The van der Waals surface area contributed by atoms with Gasteiger partial charge in [-0.1, -0.05) is 18.2 Å². The molecule has 1 fully saturated rings. The minimum absolute atomic E-state index is 0.405. The zero-order chi connectivity index (χ0) is 14.6. The van der Waals surface area contributed by atoms with Crippen LogP contribution in [0.25, 0.3) is 0 Å². The largest absolute Gasteiger partial charge is 0.385 e. The maximum Gasteiger partial charge on any atom is 0.243 e. The molecule has 2 rings (SSSR count). The second-order valence-electron chi connectivity index (χ2n) is 5.42. The van der Waals surface area contributed by atoms with E-state index in [0.717, 1.165) is 24.8 Å². The van der Waals surface area contributed by atoms with Crippen molar-refractivity contribution in [1.82, 2.24) is 4.31 Å². The fourth-order valence-corrected chi connectivity index (χ4v) is 4.53. The zero-order valence-electron chi connectivity index (χ0n) is 12.2. The third-order valence-corrected chi connectivity index (χ3v) is 5.95. The van der Waals surface area contributed by atoms with Crippen molar-refractivity contribution < 1.29 is 13.2 Å². The van der Waals surface area contributed by atoms with E-state index in [-0.39, 0.29) is 0 Å². The summed E-state index contributed by atoms with van der Waals surface area (Å²) in [5, 5.41) is 0. The first kappa shape index (κ1) is 15.5. The first-order valence-corrected chi connectivity index (χ1v) is 8.54. The average molecular weight is 297 g/mol. The van der Waals surface area contributed by atoms with E-state index in [1.165, 1.54) is 0 Å². The molecule has 1 aromatic carbocycles. The lowest BCUT2D eigenvalue weighted by molar-refractivity contribution is 0.156. The van der Waals surface area contributed by atoms with Crippen LogP contribution in [0.3, 0.4) is 0 Å². The van der Waals surface area contributed by atoms with Gasteiger partial charge < -0.3 is 4.74 Å². The number of benzene rings is 1. The van der Waals surface area contributed by atoms with Gasteiger partial charge in [-0.15, -0.1) is 0 Å². The number of rotatable bonds is 5. The molecule has 1 unspecified atom stereocenters. The molecule has 20 heavy (non-hydrogen) atoms. The van der Waals surface area contributed by atoms with Gasteiger partial charge in [0.15, 0.2) is 0 Å².